The smallest absolute Gasteiger partial charge is 0.234 e. The van der Waals surface area contributed by atoms with E-state index in [0.29, 0.717) is 11.6 Å². The highest BCUT2D eigenvalue weighted by atomic mass is 32.2. The standard InChI is InChI=1S/C15H15N3O2S2/c1-9-16-13-5-11(3-4-14(13)20-9)18-15(19)8-21-6-12-7-22-10(2)17-12/h3-5,7H,6,8H2,1-2H3,(H,18,19). The molecule has 1 N–H and O–H groups in total. The normalized spacial score (nSPS) is 11.0. The molecule has 3 rings (SSSR count). The van der Waals surface area contributed by atoms with Gasteiger partial charge in [0.05, 0.1) is 16.5 Å². The molecular weight excluding hydrogens is 318 g/mol. The van der Waals surface area contributed by atoms with Crippen LogP contribution in [-0.4, -0.2) is 21.6 Å². The highest BCUT2D eigenvalue weighted by Crippen LogP contribution is 2.20. The van der Waals surface area contributed by atoms with Gasteiger partial charge in [0.1, 0.15) is 5.52 Å². The van der Waals surface area contributed by atoms with Crippen LogP contribution in [0.5, 0.6) is 0 Å². The first-order chi connectivity index (χ1) is 10.6. The minimum Gasteiger partial charge on any atom is -0.441 e. The zero-order valence-corrected chi connectivity index (χ0v) is 13.9. The summed E-state index contributed by atoms with van der Waals surface area (Å²) in [6.07, 6.45) is 0. The van der Waals surface area contributed by atoms with E-state index in [1.165, 1.54) is 0 Å². The van der Waals surface area contributed by atoms with E-state index >= 15 is 0 Å². The van der Waals surface area contributed by atoms with Crippen molar-refractivity contribution in [3.63, 3.8) is 0 Å². The summed E-state index contributed by atoms with van der Waals surface area (Å²) >= 11 is 3.18. The van der Waals surface area contributed by atoms with Crippen molar-refractivity contribution in [3.05, 3.63) is 40.2 Å². The van der Waals surface area contributed by atoms with Crippen LogP contribution < -0.4 is 5.32 Å². The topological polar surface area (TPSA) is 68.0 Å². The average molecular weight is 333 g/mol. The third-order valence-electron chi connectivity index (χ3n) is 2.93. The van der Waals surface area contributed by atoms with Crippen molar-refractivity contribution >= 4 is 45.8 Å². The maximum atomic E-state index is 12.0. The maximum Gasteiger partial charge on any atom is 0.234 e. The fourth-order valence-corrected chi connectivity index (χ4v) is 3.48. The van der Waals surface area contributed by atoms with Gasteiger partial charge in [0.25, 0.3) is 0 Å². The Morgan fingerprint density at radius 2 is 2.23 bits per heavy atom. The molecule has 0 bridgehead atoms. The van der Waals surface area contributed by atoms with Crippen LogP contribution in [0.15, 0.2) is 28.0 Å². The quantitative estimate of drug-likeness (QED) is 0.770. The van der Waals surface area contributed by atoms with Crippen molar-refractivity contribution in [2.75, 3.05) is 11.1 Å². The molecule has 7 heteroatoms. The number of rotatable bonds is 5. The molecule has 0 aliphatic heterocycles. The van der Waals surface area contributed by atoms with Crippen LogP contribution in [0, 0.1) is 13.8 Å². The number of aryl methyl sites for hydroxylation is 2. The first-order valence-corrected chi connectivity index (χ1v) is 8.79. The van der Waals surface area contributed by atoms with E-state index in [1.54, 1.807) is 30.0 Å². The molecule has 0 atom stereocenters. The largest absolute Gasteiger partial charge is 0.441 e. The first-order valence-electron chi connectivity index (χ1n) is 6.76. The van der Waals surface area contributed by atoms with Gasteiger partial charge < -0.3 is 9.73 Å². The van der Waals surface area contributed by atoms with Crippen LogP contribution in [0.2, 0.25) is 0 Å². The number of thiazole rings is 1. The number of carbonyl (C=O) groups is 1. The van der Waals surface area contributed by atoms with Gasteiger partial charge in [-0.1, -0.05) is 0 Å². The van der Waals surface area contributed by atoms with Gasteiger partial charge in [0.15, 0.2) is 11.5 Å². The number of hydrogen-bond acceptors (Lipinski definition) is 6. The Bertz CT molecular complexity index is 810. The van der Waals surface area contributed by atoms with Crippen molar-refractivity contribution in [1.29, 1.82) is 0 Å². The Morgan fingerprint density at radius 1 is 1.36 bits per heavy atom. The number of benzene rings is 1. The Hall–Kier alpha value is -1.86. The predicted octanol–water partition coefficient (Wildman–Crippen LogP) is 3.77. The Morgan fingerprint density at radius 3 is 3.00 bits per heavy atom. The second-order valence-corrected chi connectivity index (χ2v) is 6.86. The number of amides is 1. The van der Waals surface area contributed by atoms with Crippen LogP contribution in [-0.2, 0) is 10.5 Å². The minimum absolute atomic E-state index is 0.0310. The van der Waals surface area contributed by atoms with Gasteiger partial charge in [0, 0.05) is 23.7 Å². The molecule has 1 amide bonds. The van der Waals surface area contributed by atoms with E-state index in [0.717, 1.165) is 33.2 Å². The minimum atomic E-state index is -0.0310. The van der Waals surface area contributed by atoms with E-state index in [1.807, 2.05) is 30.5 Å². The van der Waals surface area contributed by atoms with Crippen LogP contribution in [0.4, 0.5) is 5.69 Å². The summed E-state index contributed by atoms with van der Waals surface area (Å²) in [5, 5.41) is 5.96. The van der Waals surface area contributed by atoms with Crippen molar-refractivity contribution in [2.45, 2.75) is 19.6 Å². The molecule has 5 nitrogen and oxygen atoms in total. The van der Waals surface area contributed by atoms with E-state index < -0.39 is 0 Å². The van der Waals surface area contributed by atoms with Gasteiger partial charge >= 0.3 is 0 Å². The first kappa shape index (κ1) is 15.1. The Balaban J connectivity index is 1.53. The number of fused-ring (bicyclic) bond motifs is 1. The summed E-state index contributed by atoms with van der Waals surface area (Å²) in [6.45, 7) is 3.78. The van der Waals surface area contributed by atoms with Crippen LogP contribution in [0.1, 0.15) is 16.6 Å². The molecule has 22 heavy (non-hydrogen) atoms. The average Bonchev–Trinajstić information content (AvgIpc) is 3.03. The molecule has 114 valence electrons. The van der Waals surface area contributed by atoms with E-state index in [4.69, 9.17) is 4.42 Å². The fourth-order valence-electron chi connectivity index (χ4n) is 2.04. The summed E-state index contributed by atoms with van der Waals surface area (Å²) in [5.74, 6) is 1.73. The van der Waals surface area contributed by atoms with Crippen molar-refractivity contribution in [2.24, 2.45) is 0 Å². The lowest BCUT2D eigenvalue weighted by molar-refractivity contribution is -0.113. The monoisotopic (exact) mass is 333 g/mol. The molecule has 0 radical (unpaired) electrons. The van der Waals surface area contributed by atoms with Crippen molar-refractivity contribution in [3.8, 4) is 0 Å². The van der Waals surface area contributed by atoms with Gasteiger partial charge in [-0.25, -0.2) is 9.97 Å². The van der Waals surface area contributed by atoms with Crippen LogP contribution >= 0.6 is 23.1 Å². The van der Waals surface area contributed by atoms with E-state index in [2.05, 4.69) is 15.3 Å². The van der Waals surface area contributed by atoms with Gasteiger partial charge in [-0.15, -0.1) is 23.1 Å². The number of nitrogens with one attached hydrogen (secondary N) is 1. The number of aromatic nitrogens is 2. The number of oxazole rings is 1. The number of hydrogen-bond donors (Lipinski definition) is 1. The summed E-state index contributed by atoms with van der Waals surface area (Å²) in [7, 11) is 0. The second kappa shape index (κ2) is 6.50. The zero-order chi connectivity index (χ0) is 15.5. The third kappa shape index (κ3) is 3.66. The molecule has 0 aliphatic carbocycles. The summed E-state index contributed by atoms with van der Waals surface area (Å²) in [4.78, 5) is 20.6. The molecule has 0 aliphatic rings. The molecule has 3 aromatic rings. The van der Waals surface area contributed by atoms with E-state index in [-0.39, 0.29) is 5.91 Å². The number of nitrogens with zero attached hydrogens (tertiary/aromatic N) is 2. The van der Waals surface area contributed by atoms with Gasteiger partial charge in [0.2, 0.25) is 5.91 Å². The molecule has 0 unspecified atom stereocenters. The van der Waals surface area contributed by atoms with Gasteiger partial charge in [-0.2, -0.15) is 0 Å². The highest BCUT2D eigenvalue weighted by molar-refractivity contribution is 7.99. The molecule has 0 fully saturated rings. The van der Waals surface area contributed by atoms with Gasteiger partial charge in [-0.05, 0) is 25.1 Å². The third-order valence-corrected chi connectivity index (χ3v) is 4.72. The Labute approximate surface area is 136 Å². The van der Waals surface area contributed by atoms with Crippen molar-refractivity contribution < 1.29 is 9.21 Å². The molecule has 1 aromatic carbocycles. The van der Waals surface area contributed by atoms with Gasteiger partial charge in [-0.3, -0.25) is 4.79 Å². The second-order valence-electron chi connectivity index (χ2n) is 4.81. The Kier molecular flexibility index (Phi) is 4.44. The van der Waals surface area contributed by atoms with Crippen LogP contribution in [0.25, 0.3) is 11.1 Å². The lowest BCUT2D eigenvalue weighted by Gasteiger charge is -2.04. The number of thioether (sulfide) groups is 1. The summed E-state index contributed by atoms with van der Waals surface area (Å²) in [5.41, 5.74) is 3.24. The fraction of sp³-hybridized carbons (Fsp3) is 0.267. The lowest BCUT2D eigenvalue weighted by Crippen LogP contribution is -2.14. The SMILES string of the molecule is Cc1nc2cc(NC(=O)CSCc3csc(C)n3)ccc2o1. The lowest BCUT2D eigenvalue weighted by atomic mass is 10.3. The number of anilines is 1. The highest BCUT2D eigenvalue weighted by Gasteiger charge is 2.07. The number of carbonyl (C=O) groups excluding carboxylic acids is 1. The zero-order valence-electron chi connectivity index (χ0n) is 12.3. The van der Waals surface area contributed by atoms with E-state index in [9.17, 15) is 4.79 Å². The van der Waals surface area contributed by atoms with Crippen LogP contribution in [0.3, 0.4) is 0 Å². The molecular formula is C15H15N3O2S2. The molecule has 0 spiro atoms. The molecule has 2 heterocycles. The predicted molar refractivity (Wildman–Crippen MR) is 90.4 cm³/mol. The molecule has 0 saturated heterocycles. The summed E-state index contributed by atoms with van der Waals surface area (Å²) in [6, 6.07) is 5.45. The van der Waals surface area contributed by atoms with Crippen molar-refractivity contribution in [1.82, 2.24) is 9.97 Å². The summed E-state index contributed by atoms with van der Waals surface area (Å²) < 4.78 is 5.41. The maximum absolute atomic E-state index is 12.0. The molecule has 0 saturated carbocycles. The molecule has 2 aromatic heterocycles.